The number of para-hydroxylation sites is 1. The molecule has 0 atom stereocenters. The molecule has 168 valence electrons. The molecule has 2 heterocycles. The van der Waals surface area contributed by atoms with Crippen LogP contribution in [0.1, 0.15) is 11.1 Å². The van der Waals surface area contributed by atoms with Crippen molar-refractivity contribution in [2.24, 2.45) is 0 Å². The van der Waals surface area contributed by atoms with Gasteiger partial charge in [0.05, 0.1) is 31.5 Å². The number of benzene rings is 3. The number of ether oxygens (including phenoxy) is 4. The first-order chi connectivity index (χ1) is 16.7. The van der Waals surface area contributed by atoms with E-state index in [1.807, 2.05) is 79.0 Å². The topological polar surface area (TPSA) is 78.5 Å². The molecule has 34 heavy (non-hydrogen) atoms. The number of allylic oxidation sites excluding steroid dienone is 1. The number of rotatable bonds is 6. The molecule has 0 radical (unpaired) electrons. The van der Waals surface area contributed by atoms with Crippen LogP contribution < -0.4 is 18.9 Å². The average molecular weight is 451 g/mol. The predicted molar refractivity (Wildman–Crippen MR) is 128 cm³/mol. The van der Waals surface area contributed by atoms with Crippen molar-refractivity contribution in [3.8, 4) is 46.0 Å². The molecule has 0 N–H and O–H groups in total. The number of fused-ring (bicyclic) bond motifs is 1. The van der Waals surface area contributed by atoms with Gasteiger partial charge in [0, 0.05) is 17.3 Å². The summed E-state index contributed by atoms with van der Waals surface area (Å²) in [6.45, 7) is 0.178. The summed E-state index contributed by atoms with van der Waals surface area (Å²) >= 11 is 0. The molecule has 0 amide bonds. The summed E-state index contributed by atoms with van der Waals surface area (Å²) in [5, 5.41) is 14.8. The maximum atomic E-state index is 9.97. The van der Waals surface area contributed by atoms with Gasteiger partial charge in [-0.1, -0.05) is 18.2 Å². The Morgan fingerprint density at radius 1 is 0.971 bits per heavy atom. The van der Waals surface area contributed by atoms with E-state index in [4.69, 9.17) is 24.0 Å². The smallest absolute Gasteiger partial charge is 0.231 e. The summed E-state index contributed by atoms with van der Waals surface area (Å²) in [5.74, 6) is 2.52. The number of hydrogen-bond donors (Lipinski definition) is 0. The molecule has 0 aliphatic carbocycles. The van der Waals surface area contributed by atoms with Crippen molar-refractivity contribution < 1.29 is 18.9 Å². The molecule has 1 aliphatic rings. The molecule has 1 aliphatic heterocycles. The Bertz CT molecular complexity index is 1420. The van der Waals surface area contributed by atoms with Crippen LogP contribution in [0.4, 0.5) is 0 Å². The van der Waals surface area contributed by atoms with Gasteiger partial charge in [-0.25, -0.2) is 4.68 Å². The molecule has 0 saturated heterocycles. The first-order valence-corrected chi connectivity index (χ1v) is 10.6. The number of methoxy groups -OCH3 is 2. The lowest BCUT2D eigenvalue weighted by Crippen LogP contribution is -1.95. The molecule has 1 aromatic heterocycles. The largest absolute Gasteiger partial charge is 0.493 e. The van der Waals surface area contributed by atoms with Crippen LogP contribution in [0.3, 0.4) is 0 Å². The number of hydrogen-bond acceptors (Lipinski definition) is 6. The lowest BCUT2D eigenvalue weighted by Gasteiger charge is -2.09. The number of nitrogens with zero attached hydrogens (tertiary/aromatic N) is 3. The van der Waals surface area contributed by atoms with Gasteiger partial charge in [0.2, 0.25) is 6.79 Å². The van der Waals surface area contributed by atoms with Crippen LogP contribution in [0, 0.1) is 11.3 Å². The molecule has 0 saturated carbocycles. The number of nitriles is 1. The molecule has 0 unspecified atom stereocenters. The van der Waals surface area contributed by atoms with Crippen LogP contribution in [0.25, 0.3) is 28.6 Å². The fourth-order valence-corrected chi connectivity index (χ4v) is 3.81. The highest BCUT2D eigenvalue weighted by Crippen LogP contribution is 2.37. The van der Waals surface area contributed by atoms with Gasteiger partial charge in [-0.2, -0.15) is 10.4 Å². The van der Waals surface area contributed by atoms with Crippen molar-refractivity contribution in [2.45, 2.75) is 0 Å². The van der Waals surface area contributed by atoms with E-state index >= 15 is 0 Å². The maximum Gasteiger partial charge on any atom is 0.231 e. The first-order valence-electron chi connectivity index (χ1n) is 10.6. The van der Waals surface area contributed by atoms with Gasteiger partial charge in [-0.3, -0.25) is 0 Å². The Morgan fingerprint density at radius 2 is 1.76 bits per heavy atom. The summed E-state index contributed by atoms with van der Waals surface area (Å²) in [6, 6.07) is 23.2. The molecule has 0 fully saturated rings. The van der Waals surface area contributed by atoms with Crippen LogP contribution >= 0.6 is 0 Å². The second-order valence-corrected chi connectivity index (χ2v) is 7.52. The van der Waals surface area contributed by atoms with Crippen molar-refractivity contribution in [3.05, 3.63) is 84.1 Å². The van der Waals surface area contributed by atoms with Gasteiger partial charge in [0.15, 0.2) is 23.0 Å². The van der Waals surface area contributed by atoms with Crippen LogP contribution in [0.2, 0.25) is 0 Å². The summed E-state index contributed by atoms with van der Waals surface area (Å²) < 4.78 is 23.5. The standard InChI is InChI=1S/C27H21N3O4/c1-31-23-10-9-19(14-25(23)32-2)27-21(16-30(29-27)22-6-4-3-5-7-22)12-20(15-28)18-8-11-24-26(13-18)34-17-33-24/h3-14,16H,17H2,1-2H3. The van der Waals surface area contributed by atoms with Crippen molar-refractivity contribution in [2.75, 3.05) is 21.0 Å². The van der Waals surface area contributed by atoms with Crippen LogP contribution in [-0.4, -0.2) is 30.8 Å². The fraction of sp³-hybridized carbons (Fsp3) is 0.111. The lowest BCUT2D eigenvalue weighted by molar-refractivity contribution is 0.174. The van der Waals surface area contributed by atoms with Gasteiger partial charge in [-0.05, 0) is 60.2 Å². The Morgan fingerprint density at radius 3 is 2.53 bits per heavy atom. The van der Waals surface area contributed by atoms with E-state index in [2.05, 4.69) is 6.07 Å². The molecule has 3 aromatic carbocycles. The third-order valence-corrected chi connectivity index (χ3v) is 5.52. The molecule has 7 nitrogen and oxygen atoms in total. The SMILES string of the molecule is COc1ccc(-c2nn(-c3ccccc3)cc2C=C(C#N)c2ccc3c(c2)OCO3)cc1OC. The minimum Gasteiger partial charge on any atom is -0.493 e. The zero-order chi connectivity index (χ0) is 23.5. The van der Waals surface area contributed by atoms with Crippen molar-refractivity contribution in [3.63, 3.8) is 0 Å². The molecule has 0 bridgehead atoms. The molecule has 4 aromatic rings. The highest BCUT2D eigenvalue weighted by atomic mass is 16.7. The van der Waals surface area contributed by atoms with E-state index in [9.17, 15) is 5.26 Å². The van der Waals surface area contributed by atoms with E-state index in [-0.39, 0.29) is 6.79 Å². The third kappa shape index (κ3) is 3.93. The molecule has 5 rings (SSSR count). The van der Waals surface area contributed by atoms with Gasteiger partial charge >= 0.3 is 0 Å². The molecule has 7 heteroatoms. The molecule has 0 spiro atoms. The summed E-state index contributed by atoms with van der Waals surface area (Å²) in [4.78, 5) is 0. The predicted octanol–water partition coefficient (Wildman–Crippen LogP) is 5.35. The Balaban J connectivity index is 1.65. The minimum absolute atomic E-state index is 0.178. The summed E-state index contributed by atoms with van der Waals surface area (Å²) in [7, 11) is 3.19. The van der Waals surface area contributed by atoms with Gasteiger partial charge in [0.25, 0.3) is 0 Å². The van der Waals surface area contributed by atoms with Crippen molar-refractivity contribution in [1.29, 1.82) is 5.26 Å². The first kappa shape index (κ1) is 21.2. The third-order valence-electron chi connectivity index (χ3n) is 5.52. The Hall–Kier alpha value is -4.70. The van der Waals surface area contributed by atoms with E-state index in [1.165, 1.54) is 0 Å². The van der Waals surface area contributed by atoms with E-state index < -0.39 is 0 Å². The monoisotopic (exact) mass is 451 g/mol. The Kier molecular flexibility index (Phi) is 5.63. The van der Waals surface area contributed by atoms with E-state index in [0.717, 1.165) is 22.4 Å². The zero-order valence-electron chi connectivity index (χ0n) is 18.7. The highest BCUT2D eigenvalue weighted by Gasteiger charge is 2.17. The van der Waals surface area contributed by atoms with Gasteiger partial charge < -0.3 is 18.9 Å². The zero-order valence-corrected chi connectivity index (χ0v) is 18.7. The van der Waals surface area contributed by atoms with Crippen LogP contribution in [0.15, 0.2) is 72.9 Å². The Labute approximate surface area is 197 Å². The second-order valence-electron chi connectivity index (χ2n) is 7.52. The summed E-state index contributed by atoms with van der Waals surface area (Å²) in [5.41, 5.74) is 4.45. The van der Waals surface area contributed by atoms with E-state index in [0.29, 0.717) is 34.3 Å². The lowest BCUT2D eigenvalue weighted by atomic mass is 10.0. The van der Waals surface area contributed by atoms with Gasteiger partial charge in [-0.15, -0.1) is 0 Å². The second kappa shape index (κ2) is 9.04. The van der Waals surface area contributed by atoms with Crippen LogP contribution in [0.5, 0.6) is 23.0 Å². The van der Waals surface area contributed by atoms with Crippen molar-refractivity contribution >= 4 is 11.6 Å². The average Bonchev–Trinajstić information content (AvgIpc) is 3.54. The summed E-state index contributed by atoms with van der Waals surface area (Å²) in [6.07, 6.45) is 3.74. The highest BCUT2D eigenvalue weighted by molar-refractivity contribution is 5.93. The minimum atomic E-state index is 0.178. The van der Waals surface area contributed by atoms with Crippen molar-refractivity contribution in [1.82, 2.24) is 9.78 Å². The quantitative estimate of drug-likeness (QED) is 0.368. The molecular formula is C27H21N3O4. The number of aromatic nitrogens is 2. The van der Waals surface area contributed by atoms with Gasteiger partial charge in [0.1, 0.15) is 5.69 Å². The maximum absolute atomic E-state index is 9.97. The molecular weight excluding hydrogens is 430 g/mol. The van der Waals surface area contributed by atoms with Crippen LogP contribution in [-0.2, 0) is 0 Å². The van der Waals surface area contributed by atoms with E-state index in [1.54, 1.807) is 18.9 Å². The normalized spacial score (nSPS) is 12.3. The fourth-order valence-electron chi connectivity index (χ4n) is 3.81.